The summed E-state index contributed by atoms with van der Waals surface area (Å²) in [7, 11) is 0. The predicted octanol–water partition coefficient (Wildman–Crippen LogP) is 2.51. The van der Waals surface area contributed by atoms with Crippen LogP contribution in [0.5, 0.6) is 0 Å². The van der Waals surface area contributed by atoms with Gasteiger partial charge in [-0.3, -0.25) is 0 Å². The van der Waals surface area contributed by atoms with E-state index in [1.807, 2.05) is 0 Å². The molecule has 15 heavy (non-hydrogen) atoms. The van der Waals surface area contributed by atoms with Crippen molar-refractivity contribution in [2.75, 3.05) is 6.54 Å². The second kappa shape index (κ2) is 3.74. The summed E-state index contributed by atoms with van der Waals surface area (Å²) in [5.41, 5.74) is 0.978. The van der Waals surface area contributed by atoms with Crippen molar-refractivity contribution in [3.8, 4) is 0 Å². The second-order valence-electron chi connectivity index (χ2n) is 7.18. The molecule has 1 fully saturated rings. The van der Waals surface area contributed by atoms with Crippen molar-refractivity contribution in [3.63, 3.8) is 0 Å². The molecule has 0 saturated carbocycles. The van der Waals surface area contributed by atoms with Crippen molar-refractivity contribution < 1.29 is 0 Å². The fourth-order valence-corrected chi connectivity index (χ4v) is 5.64. The molecule has 0 aromatic carbocycles. The summed E-state index contributed by atoms with van der Waals surface area (Å²) in [5, 5.41) is 0. The van der Waals surface area contributed by atoms with Crippen LogP contribution in [0.1, 0.15) is 55.4 Å². The second-order valence-corrected chi connectivity index (χ2v) is 9.67. The summed E-state index contributed by atoms with van der Waals surface area (Å²) in [5.74, 6) is 0. The number of hydrogen-bond acceptors (Lipinski definition) is 2. The molecule has 0 N–H and O–H groups in total. The molecule has 3 heteroatoms. The first kappa shape index (κ1) is 13.5. The molecule has 0 aromatic rings. The SMILES string of the molecule is CC(C)(C)[N]1CC(C)(C)[N](C(C)(C)C)[Ge]1. The van der Waals surface area contributed by atoms with Gasteiger partial charge in [0.15, 0.2) is 0 Å². The van der Waals surface area contributed by atoms with Crippen LogP contribution in [0, 0.1) is 0 Å². The Bertz CT molecular complexity index is 235. The van der Waals surface area contributed by atoms with E-state index in [2.05, 4.69) is 63.1 Å². The van der Waals surface area contributed by atoms with Crippen molar-refractivity contribution in [2.24, 2.45) is 0 Å². The van der Waals surface area contributed by atoms with Gasteiger partial charge in [-0.1, -0.05) is 0 Å². The van der Waals surface area contributed by atoms with Gasteiger partial charge in [0, 0.05) is 0 Å². The van der Waals surface area contributed by atoms with Crippen LogP contribution >= 0.6 is 0 Å². The van der Waals surface area contributed by atoms with E-state index in [1.165, 1.54) is 6.54 Å². The maximum absolute atomic E-state index is 2.73. The van der Waals surface area contributed by atoms with Crippen LogP contribution in [0.3, 0.4) is 0 Å². The van der Waals surface area contributed by atoms with E-state index in [-0.39, 0.29) is 15.9 Å². The van der Waals surface area contributed by atoms with Crippen molar-refractivity contribution in [3.05, 3.63) is 0 Å². The Morgan fingerprint density at radius 3 is 1.60 bits per heavy atom. The molecular weight excluding hydrogens is 245 g/mol. The summed E-state index contributed by atoms with van der Waals surface area (Å²) in [6.07, 6.45) is 0. The number of rotatable bonds is 0. The topological polar surface area (TPSA) is 6.48 Å². The first-order chi connectivity index (χ1) is 6.44. The Balaban J connectivity index is 2.87. The average molecular weight is 271 g/mol. The van der Waals surface area contributed by atoms with Gasteiger partial charge in [0.2, 0.25) is 0 Å². The van der Waals surface area contributed by atoms with Crippen LogP contribution in [0.2, 0.25) is 0 Å². The normalized spacial score (nSPS) is 24.8. The number of hydrogen-bond donors (Lipinski definition) is 0. The Morgan fingerprint density at radius 2 is 1.40 bits per heavy atom. The van der Waals surface area contributed by atoms with Gasteiger partial charge < -0.3 is 0 Å². The zero-order chi connectivity index (χ0) is 12.1. The minimum absolute atomic E-state index is 0.139. The average Bonchev–Trinajstić information content (AvgIpc) is 2.22. The molecule has 1 heterocycles. The summed E-state index contributed by atoms with van der Waals surface area (Å²) in [6.45, 7) is 20.0. The van der Waals surface area contributed by atoms with Gasteiger partial charge in [-0.15, -0.1) is 0 Å². The number of nitrogens with zero attached hydrogens (tertiary/aromatic N) is 2. The van der Waals surface area contributed by atoms with Crippen LogP contribution in [0.25, 0.3) is 0 Å². The van der Waals surface area contributed by atoms with E-state index in [4.69, 9.17) is 0 Å². The van der Waals surface area contributed by atoms with E-state index < -0.39 is 0 Å². The Hall–Kier alpha value is 0.463. The maximum atomic E-state index is 2.73. The molecule has 2 radical (unpaired) electrons. The predicted molar refractivity (Wildman–Crippen MR) is 67.9 cm³/mol. The first-order valence-corrected chi connectivity index (χ1v) is 7.66. The molecule has 0 amide bonds. The van der Waals surface area contributed by atoms with Crippen molar-refractivity contribution in [1.82, 2.24) is 7.71 Å². The molecule has 1 rings (SSSR count). The van der Waals surface area contributed by atoms with Gasteiger partial charge in [0.25, 0.3) is 0 Å². The van der Waals surface area contributed by atoms with Gasteiger partial charge in [0.1, 0.15) is 0 Å². The molecule has 1 saturated heterocycles. The van der Waals surface area contributed by atoms with E-state index in [9.17, 15) is 0 Å². The van der Waals surface area contributed by atoms with Crippen LogP contribution in [0.15, 0.2) is 0 Å². The standard InChI is InChI=1S/C12H26GeN2/c1-10(2,3)14-9-12(7,8)15(13-14)11(4,5)6/h9H2,1-8H3. The third-order valence-electron chi connectivity index (χ3n) is 2.85. The summed E-state index contributed by atoms with van der Waals surface area (Å²) in [6, 6.07) is 0. The Morgan fingerprint density at radius 1 is 0.933 bits per heavy atom. The Kier molecular flexibility index (Phi) is 3.38. The van der Waals surface area contributed by atoms with Crippen molar-refractivity contribution in [2.45, 2.75) is 72.0 Å². The van der Waals surface area contributed by atoms with Gasteiger partial charge in [0.05, 0.1) is 0 Å². The fourth-order valence-electron chi connectivity index (χ4n) is 2.19. The monoisotopic (exact) mass is 272 g/mol. The van der Waals surface area contributed by atoms with Crippen LogP contribution < -0.4 is 0 Å². The molecule has 2 nitrogen and oxygen atoms in total. The summed E-state index contributed by atoms with van der Waals surface area (Å²) in [4.78, 5) is 0. The molecule has 88 valence electrons. The first-order valence-electron chi connectivity index (χ1n) is 5.79. The third kappa shape index (κ3) is 2.98. The molecule has 0 spiro atoms. The van der Waals surface area contributed by atoms with Crippen molar-refractivity contribution in [1.29, 1.82) is 0 Å². The van der Waals surface area contributed by atoms with Crippen LogP contribution in [-0.2, 0) is 0 Å². The minimum atomic E-state index is -0.139. The molecule has 1 aliphatic heterocycles. The van der Waals surface area contributed by atoms with E-state index in [1.54, 1.807) is 0 Å². The van der Waals surface area contributed by atoms with Gasteiger partial charge >= 0.3 is 102 Å². The molecule has 0 aromatic heterocycles. The van der Waals surface area contributed by atoms with E-state index in [0.717, 1.165) is 0 Å². The summed E-state index contributed by atoms with van der Waals surface area (Å²) >= 11 is -0.139. The van der Waals surface area contributed by atoms with Gasteiger partial charge in [-0.25, -0.2) is 0 Å². The molecule has 1 aliphatic rings. The fraction of sp³-hybridized carbons (Fsp3) is 1.00. The van der Waals surface area contributed by atoms with Gasteiger partial charge in [-0.05, 0) is 0 Å². The molecule has 0 aliphatic carbocycles. The molecular formula is C12H26GeN2. The summed E-state index contributed by atoms with van der Waals surface area (Å²) < 4.78 is 5.42. The zero-order valence-electron chi connectivity index (χ0n) is 11.6. The third-order valence-corrected chi connectivity index (χ3v) is 8.19. The van der Waals surface area contributed by atoms with Crippen LogP contribution in [-0.4, -0.2) is 46.8 Å². The zero-order valence-corrected chi connectivity index (χ0v) is 13.7. The molecule has 0 bridgehead atoms. The van der Waals surface area contributed by atoms with Crippen molar-refractivity contribution >= 4 is 15.9 Å². The van der Waals surface area contributed by atoms with Gasteiger partial charge in [-0.2, -0.15) is 0 Å². The van der Waals surface area contributed by atoms with E-state index >= 15 is 0 Å². The van der Waals surface area contributed by atoms with Crippen LogP contribution in [0.4, 0.5) is 0 Å². The van der Waals surface area contributed by atoms with E-state index in [0.29, 0.717) is 16.6 Å². The Labute approximate surface area is 102 Å². The molecule has 0 unspecified atom stereocenters. The quantitative estimate of drug-likeness (QED) is 0.624. The molecule has 0 atom stereocenters.